The van der Waals surface area contributed by atoms with Gasteiger partial charge < -0.3 is 5.32 Å². The normalized spacial score (nSPS) is 12.0. The molecule has 0 saturated heterocycles. The number of carbonyl (C=O) groups is 1. The van der Waals surface area contributed by atoms with E-state index in [1.807, 2.05) is 37.3 Å². The second-order valence-electron chi connectivity index (χ2n) is 4.69. The monoisotopic (exact) mass is 290 g/mol. The van der Waals surface area contributed by atoms with Gasteiger partial charge in [-0.3, -0.25) is 4.79 Å². The molecule has 1 unspecified atom stereocenters. The molecule has 0 fully saturated rings. The molecule has 0 aliphatic heterocycles. The van der Waals surface area contributed by atoms with E-state index in [0.717, 1.165) is 18.2 Å². The molecule has 2 rings (SSSR count). The second-order valence-corrected chi connectivity index (χ2v) is 4.69. The van der Waals surface area contributed by atoms with Crippen LogP contribution in [0, 0.1) is 11.8 Å². The summed E-state index contributed by atoms with van der Waals surface area (Å²) in [7, 11) is 0. The lowest BCUT2D eigenvalue weighted by atomic mass is 10.0. The molecule has 110 valence electrons. The van der Waals surface area contributed by atoms with E-state index in [0.29, 0.717) is 6.42 Å². The SMILES string of the molecule is CCCC(NC(=O)c1ccnc(F)c1F)c1ccccc1. The van der Waals surface area contributed by atoms with Gasteiger partial charge in [-0.25, -0.2) is 9.37 Å². The topological polar surface area (TPSA) is 42.0 Å². The predicted octanol–water partition coefficient (Wildman–Crippen LogP) is 3.63. The average molecular weight is 290 g/mol. The minimum atomic E-state index is -1.27. The van der Waals surface area contributed by atoms with Crippen LogP contribution in [-0.2, 0) is 0 Å². The number of hydrogen-bond acceptors (Lipinski definition) is 2. The van der Waals surface area contributed by atoms with E-state index in [2.05, 4.69) is 10.3 Å². The van der Waals surface area contributed by atoms with E-state index in [1.54, 1.807) is 0 Å². The Morgan fingerprint density at radius 1 is 1.24 bits per heavy atom. The Kier molecular flexibility index (Phi) is 4.98. The first kappa shape index (κ1) is 15.1. The number of halogens is 2. The summed E-state index contributed by atoms with van der Waals surface area (Å²) in [4.78, 5) is 15.3. The van der Waals surface area contributed by atoms with E-state index < -0.39 is 17.7 Å². The summed E-state index contributed by atoms with van der Waals surface area (Å²) in [5.74, 6) is -3.14. The Bertz CT molecular complexity index is 617. The zero-order chi connectivity index (χ0) is 15.2. The Balaban J connectivity index is 2.21. The minimum Gasteiger partial charge on any atom is -0.345 e. The van der Waals surface area contributed by atoms with Crippen molar-refractivity contribution in [3.63, 3.8) is 0 Å². The van der Waals surface area contributed by atoms with E-state index in [9.17, 15) is 13.6 Å². The molecule has 0 aliphatic rings. The maximum atomic E-state index is 13.6. The maximum absolute atomic E-state index is 13.6. The minimum absolute atomic E-state index is 0.237. The molecule has 1 aromatic heterocycles. The standard InChI is InChI=1S/C16H16F2N2O/c1-2-6-13(11-7-4-3-5-8-11)20-16(21)12-9-10-19-15(18)14(12)17/h3-5,7-10,13H,2,6H2,1H3,(H,20,21). The molecular formula is C16H16F2N2O. The van der Waals surface area contributed by atoms with Gasteiger partial charge in [0.25, 0.3) is 5.91 Å². The van der Waals surface area contributed by atoms with Crippen LogP contribution in [0.3, 0.4) is 0 Å². The fraction of sp³-hybridized carbons (Fsp3) is 0.250. The fourth-order valence-corrected chi connectivity index (χ4v) is 2.13. The van der Waals surface area contributed by atoms with Crippen LogP contribution in [0.4, 0.5) is 8.78 Å². The first-order chi connectivity index (χ1) is 10.1. The molecule has 5 heteroatoms. The van der Waals surface area contributed by atoms with Crippen molar-refractivity contribution in [3.05, 3.63) is 65.5 Å². The Morgan fingerprint density at radius 3 is 2.62 bits per heavy atom. The van der Waals surface area contributed by atoms with Gasteiger partial charge in [0.1, 0.15) is 0 Å². The smallest absolute Gasteiger partial charge is 0.254 e. The summed E-state index contributed by atoms with van der Waals surface area (Å²) in [5.41, 5.74) is 0.599. The lowest BCUT2D eigenvalue weighted by molar-refractivity contribution is 0.0929. The third-order valence-electron chi connectivity index (χ3n) is 3.18. The zero-order valence-corrected chi connectivity index (χ0v) is 11.6. The molecule has 0 aliphatic carbocycles. The third-order valence-corrected chi connectivity index (χ3v) is 3.18. The van der Waals surface area contributed by atoms with Gasteiger partial charge in [0, 0.05) is 6.20 Å². The molecule has 2 aromatic rings. The van der Waals surface area contributed by atoms with Gasteiger partial charge in [-0.15, -0.1) is 0 Å². The molecule has 1 heterocycles. The van der Waals surface area contributed by atoms with E-state index in [4.69, 9.17) is 0 Å². The average Bonchev–Trinajstić information content (AvgIpc) is 2.50. The summed E-state index contributed by atoms with van der Waals surface area (Å²) < 4.78 is 26.7. The van der Waals surface area contributed by atoms with E-state index in [1.165, 1.54) is 6.07 Å². The number of pyridine rings is 1. The number of amides is 1. The van der Waals surface area contributed by atoms with Gasteiger partial charge in [0.15, 0.2) is 5.82 Å². The summed E-state index contributed by atoms with van der Waals surface area (Å²) in [6, 6.07) is 10.3. The molecule has 0 radical (unpaired) electrons. The summed E-state index contributed by atoms with van der Waals surface area (Å²) in [6.45, 7) is 1.99. The first-order valence-electron chi connectivity index (χ1n) is 6.79. The van der Waals surface area contributed by atoms with Crippen LogP contribution in [0.15, 0.2) is 42.6 Å². The molecule has 1 aromatic carbocycles. The number of hydrogen-bond donors (Lipinski definition) is 1. The highest BCUT2D eigenvalue weighted by Crippen LogP contribution is 2.19. The number of benzene rings is 1. The number of rotatable bonds is 5. The second kappa shape index (κ2) is 6.92. The molecule has 0 saturated carbocycles. The van der Waals surface area contributed by atoms with Crippen molar-refractivity contribution in [1.82, 2.24) is 10.3 Å². The number of aromatic nitrogens is 1. The van der Waals surface area contributed by atoms with Gasteiger partial charge in [-0.1, -0.05) is 43.7 Å². The van der Waals surface area contributed by atoms with Gasteiger partial charge in [0.05, 0.1) is 11.6 Å². The van der Waals surface area contributed by atoms with Crippen LogP contribution >= 0.6 is 0 Å². The molecule has 3 nitrogen and oxygen atoms in total. The molecule has 1 N–H and O–H groups in total. The van der Waals surface area contributed by atoms with Crippen molar-refractivity contribution in [2.45, 2.75) is 25.8 Å². The fourth-order valence-electron chi connectivity index (χ4n) is 2.13. The first-order valence-corrected chi connectivity index (χ1v) is 6.79. The highest BCUT2D eigenvalue weighted by atomic mass is 19.2. The van der Waals surface area contributed by atoms with Crippen molar-refractivity contribution < 1.29 is 13.6 Å². The van der Waals surface area contributed by atoms with Crippen molar-refractivity contribution >= 4 is 5.91 Å². The van der Waals surface area contributed by atoms with Gasteiger partial charge in [-0.05, 0) is 18.1 Å². The summed E-state index contributed by atoms with van der Waals surface area (Å²) in [6.07, 6.45) is 2.64. The van der Waals surface area contributed by atoms with Crippen LogP contribution in [0.25, 0.3) is 0 Å². The van der Waals surface area contributed by atoms with Crippen molar-refractivity contribution in [2.24, 2.45) is 0 Å². The molecule has 0 spiro atoms. The predicted molar refractivity (Wildman–Crippen MR) is 75.7 cm³/mol. The van der Waals surface area contributed by atoms with Crippen molar-refractivity contribution in [2.75, 3.05) is 0 Å². The van der Waals surface area contributed by atoms with Crippen LogP contribution in [0.1, 0.15) is 41.7 Å². The molecule has 21 heavy (non-hydrogen) atoms. The maximum Gasteiger partial charge on any atom is 0.254 e. The molecule has 0 bridgehead atoms. The van der Waals surface area contributed by atoms with Gasteiger partial charge in [-0.2, -0.15) is 4.39 Å². The van der Waals surface area contributed by atoms with Gasteiger partial charge >= 0.3 is 0 Å². The van der Waals surface area contributed by atoms with Crippen LogP contribution in [0.2, 0.25) is 0 Å². The van der Waals surface area contributed by atoms with Crippen molar-refractivity contribution in [1.29, 1.82) is 0 Å². The lowest BCUT2D eigenvalue weighted by Crippen LogP contribution is -2.29. The molecule has 1 amide bonds. The Morgan fingerprint density at radius 2 is 1.95 bits per heavy atom. The third kappa shape index (κ3) is 3.62. The van der Waals surface area contributed by atoms with Crippen LogP contribution < -0.4 is 5.32 Å². The van der Waals surface area contributed by atoms with Gasteiger partial charge in [0.2, 0.25) is 5.95 Å². The van der Waals surface area contributed by atoms with E-state index >= 15 is 0 Å². The summed E-state index contributed by atoms with van der Waals surface area (Å²) in [5, 5.41) is 2.75. The van der Waals surface area contributed by atoms with E-state index in [-0.39, 0.29) is 11.6 Å². The highest BCUT2D eigenvalue weighted by Gasteiger charge is 2.19. The quantitative estimate of drug-likeness (QED) is 0.854. The molecular weight excluding hydrogens is 274 g/mol. The largest absolute Gasteiger partial charge is 0.345 e. The van der Waals surface area contributed by atoms with Crippen LogP contribution in [0.5, 0.6) is 0 Å². The highest BCUT2D eigenvalue weighted by molar-refractivity contribution is 5.94. The zero-order valence-electron chi connectivity index (χ0n) is 11.6. The van der Waals surface area contributed by atoms with Crippen LogP contribution in [-0.4, -0.2) is 10.9 Å². The molecule has 1 atom stereocenters. The Hall–Kier alpha value is -2.30. The number of nitrogens with one attached hydrogen (secondary N) is 1. The summed E-state index contributed by atoms with van der Waals surface area (Å²) >= 11 is 0. The van der Waals surface area contributed by atoms with Crippen molar-refractivity contribution in [3.8, 4) is 0 Å². The Labute approximate surface area is 122 Å². The lowest BCUT2D eigenvalue weighted by Gasteiger charge is -2.18. The number of nitrogens with zero attached hydrogens (tertiary/aromatic N) is 1. The number of carbonyl (C=O) groups excluding carboxylic acids is 1.